The maximum absolute atomic E-state index is 5.35. The molecular formula is C12H26N2OS. The molecular weight excluding hydrogens is 220 g/mol. The van der Waals surface area contributed by atoms with E-state index in [0.29, 0.717) is 5.92 Å². The fourth-order valence-corrected chi connectivity index (χ4v) is 1.73. The summed E-state index contributed by atoms with van der Waals surface area (Å²) in [5.41, 5.74) is 0. The van der Waals surface area contributed by atoms with Crippen LogP contribution in [0.4, 0.5) is 0 Å². The molecule has 0 aliphatic heterocycles. The minimum atomic E-state index is 0.642. The molecule has 3 nitrogen and oxygen atoms in total. The fourth-order valence-electron chi connectivity index (χ4n) is 1.42. The molecule has 16 heavy (non-hydrogen) atoms. The lowest BCUT2D eigenvalue weighted by molar-refractivity contribution is 0.145. The lowest BCUT2D eigenvalue weighted by atomic mass is 10.2. The van der Waals surface area contributed by atoms with Crippen LogP contribution in [-0.2, 0) is 4.74 Å². The van der Waals surface area contributed by atoms with Crippen LogP contribution in [0.25, 0.3) is 0 Å². The second-order valence-electron chi connectivity index (χ2n) is 4.21. The zero-order chi connectivity index (χ0) is 12.4. The standard InChI is InChI=1S/C12H26N2OS/c1-5-14(10-11(3)4)12(16)13-8-7-9-15-6-2/h11H,5-10H2,1-4H3,(H,13,16). The Morgan fingerprint density at radius 2 is 2.06 bits per heavy atom. The minimum absolute atomic E-state index is 0.642. The van der Waals surface area contributed by atoms with E-state index in [4.69, 9.17) is 17.0 Å². The average Bonchev–Trinajstić information content (AvgIpc) is 2.25. The second kappa shape index (κ2) is 9.85. The van der Waals surface area contributed by atoms with Crippen LogP contribution < -0.4 is 5.32 Å². The van der Waals surface area contributed by atoms with E-state index >= 15 is 0 Å². The molecule has 0 saturated heterocycles. The third-order valence-electron chi connectivity index (χ3n) is 2.20. The second-order valence-corrected chi connectivity index (χ2v) is 4.60. The van der Waals surface area contributed by atoms with Crippen molar-refractivity contribution in [3.8, 4) is 0 Å². The van der Waals surface area contributed by atoms with Crippen molar-refractivity contribution in [1.29, 1.82) is 0 Å². The summed E-state index contributed by atoms with van der Waals surface area (Å²) >= 11 is 5.35. The highest BCUT2D eigenvalue weighted by Crippen LogP contribution is 1.99. The maximum Gasteiger partial charge on any atom is 0.168 e. The zero-order valence-electron chi connectivity index (χ0n) is 11.1. The van der Waals surface area contributed by atoms with Gasteiger partial charge in [0.2, 0.25) is 0 Å². The van der Waals surface area contributed by atoms with E-state index in [0.717, 1.165) is 44.4 Å². The first-order valence-corrected chi connectivity index (χ1v) is 6.63. The number of hydrogen-bond acceptors (Lipinski definition) is 2. The first kappa shape index (κ1) is 15.7. The molecule has 0 amide bonds. The summed E-state index contributed by atoms with van der Waals surface area (Å²) in [6.45, 7) is 13.1. The quantitative estimate of drug-likeness (QED) is 0.524. The number of nitrogens with one attached hydrogen (secondary N) is 1. The molecule has 4 heteroatoms. The summed E-state index contributed by atoms with van der Waals surface area (Å²) in [6, 6.07) is 0. The Kier molecular flexibility index (Phi) is 9.63. The summed E-state index contributed by atoms with van der Waals surface area (Å²) < 4.78 is 5.27. The van der Waals surface area contributed by atoms with E-state index in [1.807, 2.05) is 6.92 Å². The van der Waals surface area contributed by atoms with Crippen molar-refractivity contribution in [2.24, 2.45) is 5.92 Å². The first-order chi connectivity index (χ1) is 7.61. The van der Waals surface area contributed by atoms with Crippen molar-refractivity contribution in [1.82, 2.24) is 10.2 Å². The van der Waals surface area contributed by atoms with Gasteiger partial charge in [0.15, 0.2) is 5.11 Å². The summed E-state index contributed by atoms with van der Waals surface area (Å²) in [5, 5.41) is 4.14. The van der Waals surface area contributed by atoms with Crippen molar-refractivity contribution in [2.45, 2.75) is 34.1 Å². The van der Waals surface area contributed by atoms with E-state index in [9.17, 15) is 0 Å². The molecule has 0 heterocycles. The van der Waals surface area contributed by atoms with E-state index < -0.39 is 0 Å². The Morgan fingerprint density at radius 1 is 1.38 bits per heavy atom. The molecule has 0 aromatic carbocycles. The molecule has 0 saturated carbocycles. The summed E-state index contributed by atoms with van der Waals surface area (Å²) in [6.07, 6.45) is 1.01. The van der Waals surface area contributed by atoms with E-state index in [1.165, 1.54) is 0 Å². The third kappa shape index (κ3) is 7.88. The Morgan fingerprint density at radius 3 is 2.56 bits per heavy atom. The Hall–Kier alpha value is -0.350. The third-order valence-corrected chi connectivity index (χ3v) is 2.60. The van der Waals surface area contributed by atoms with Gasteiger partial charge in [-0.15, -0.1) is 0 Å². The van der Waals surface area contributed by atoms with Crippen LogP contribution in [0.2, 0.25) is 0 Å². The van der Waals surface area contributed by atoms with Crippen LogP contribution in [0, 0.1) is 5.92 Å². The Balaban J connectivity index is 3.67. The molecule has 0 aromatic rings. The molecule has 0 aliphatic carbocycles. The Labute approximate surface area is 106 Å². The van der Waals surface area contributed by atoms with Gasteiger partial charge < -0.3 is 15.0 Å². The van der Waals surface area contributed by atoms with Crippen molar-refractivity contribution < 1.29 is 4.74 Å². The lowest BCUT2D eigenvalue weighted by Crippen LogP contribution is -2.42. The fraction of sp³-hybridized carbons (Fsp3) is 0.917. The van der Waals surface area contributed by atoms with Crippen LogP contribution in [0.5, 0.6) is 0 Å². The SMILES string of the molecule is CCOCCCNC(=S)N(CC)CC(C)C. The lowest BCUT2D eigenvalue weighted by Gasteiger charge is -2.26. The van der Waals surface area contributed by atoms with E-state index in [-0.39, 0.29) is 0 Å². The van der Waals surface area contributed by atoms with Gasteiger partial charge in [-0.25, -0.2) is 0 Å². The molecule has 0 unspecified atom stereocenters. The highest BCUT2D eigenvalue weighted by molar-refractivity contribution is 7.80. The van der Waals surface area contributed by atoms with Gasteiger partial charge in [-0.1, -0.05) is 13.8 Å². The van der Waals surface area contributed by atoms with Crippen molar-refractivity contribution in [3.05, 3.63) is 0 Å². The zero-order valence-corrected chi connectivity index (χ0v) is 11.9. The minimum Gasteiger partial charge on any atom is -0.382 e. The molecule has 0 bridgehead atoms. The number of thiocarbonyl (C=S) groups is 1. The van der Waals surface area contributed by atoms with Crippen LogP contribution in [-0.4, -0.2) is 42.9 Å². The molecule has 0 aliphatic rings. The molecule has 96 valence electrons. The predicted octanol–water partition coefficient (Wildman–Crippen LogP) is 2.27. The molecule has 0 radical (unpaired) electrons. The molecule has 1 N–H and O–H groups in total. The van der Waals surface area contributed by atoms with Gasteiger partial charge in [-0.05, 0) is 38.4 Å². The van der Waals surface area contributed by atoms with E-state index in [1.54, 1.807) is 0 Å². The average molecular weight is 246 g/mol. The van der Waals surface area contributed by atoms with Crippen molar-refractivity contribution in [2.75, 3.05) is 32.8 Å². The number of hydrogen-bond donors (Lipinski definition) is 1. The van der Waals surface area contributed by atoms with Crippen LogP contribution in [0.15, 0.2) is 0 Å². The largest absolute Gasteiger partial charge is 0.382 e. The monoisotopic (exact) mass is 246 g/mol. The summed E-state index contributed by atoms with van der Waals surface area (Å²) in [4.78, 5) is 2.21. The molecule has 0 rings (SSSR count). The van der Waals surface area contributed by atoms with E-state index in [2.05, 4.69) is 31.0 Å². The maximum atomic E-state index is 5.35. The number of rotatable bonds is 8. The highest BCUT2D eigenvalue weighted by atomic mass is 32.1. The van der Waals surface area contributed by atoms with Gasteiger partial charge in [0.05, 0.1) is 0 Å². The normalized spacial score (nSPS) is 10.6. The van der Waals surface area contributed by atoms with Crippen molar-refractivity contribution in [3.63, 3.8) is 0 Å². The Bertz CT molecular complexity index is 186. The summed E-state index contributed by atoms with van der Waals surface area (Å²) in [7, 11) is 0. The predicted molar refractivity (Wildman–Crippen MR) is 73.8 cm³/mol. The number of nitrogens with zero attached hydrogens (tertiary/aromatic N) is 1. The first-order valence-electron chi connectivity index (χ1n) is 6.22. The molecule has 0 aromatic heterocycles. The molecule has 0 spiro atoms. The molecule has 0 fully saturated rings. The van der Waals surface area contributed by atoms with Gasteiger partial charge in [-0.3, -0.25) is 0 Å². The van der Waals surface area contributed by atoms with Gasteiger partial charge in [-0.2, -0.15) is 0 Å². The van der Waals surface area contributed by atoms with Gasteiger partial charge in [0.1, 0.15) is 0 Å². The van der Waals surface area contributed by atoms with Crippen molar-refractivity contribution >= 4 is 17.3 Å². The van der Waals surface area contributed by atoms with Crippen LogP contribution in [0.3, 0.4) is 0 Å². The number of ether oxygens (including phenoxy) is 1. The van der Waals surface area contributed by atoms with Gasteiger partial charge in [0.25, 0.3) is 0 Å². The topological polar surface area (TPSA) is 24.5 Å². The van der Waals surface area contributed by atoms with Crippen LogP contribution in [0.1, 0.15) is 34.1 Å². The van der Waals surface area contributed by atoms with Gasteiger partial charge >= 0.3 is 0 Å². The van der Waals surface area contributed by atoms with Gasteiger partial charge in [0, 0.05) is 32.8 Å². The highest BCUT2D eigenvalue weighted by Gasteiger charge is 2.08. The summed E-state index contributed by atoms with van der Waals surface area (Å²) in [5.74, 6) is 0.642. The smallest absolute Gasteiger partial charge is 0.168 e. The molecule has 0 atom stereocenters. The van der Waals surface area contributed by atoms with Crippen LogP contribution >= 0.6 is 12.2 Å².